The summed E-state index contributed by atoms with van der Waals surface area (Å²) < 4.78 is 63.7. The van der Waals surface area contributed by atoms with E-state index in [9.17, 15) is 31.2 Å². The van der Waals surface area contributed by atoms with Crippen molar-refractivity contribution in [2.45, 2.75) is 13.1 Å². The standard InChI is InChI=1S/C18H14ClF3N2O4S/c1-10-9-29(27,28)24(17(10)26)13-5-2-11(3-6-13)16(25)23-12-4-7-15(19)14(8-12)18(20,21)22/h2-8,10H,9H2,1H3,(H,23,25)/t10-/m1/s1. The number of amides is 2. The van der Waals surface area contributed by atoms with E-state index in [1.165, 1.54) is 37.3 Å². The lowest BCUT2D eigenvalue weighted by Crippen LogP contribution is -2.30. The maximum Gasteiger partial charge on any atom is 0.417 e. The molecule has 0 radical (unpaired) electrons. The van der Waals surface area contributed by atoms with Gasteiger partial charge in [0.25, 0.3) is 5.91 Å². The van der Waals surface area contributed by atoms with Gasteiger partial charge in [0.2, 0.25) is 15.9 Å². The summed E-state index contributed by atoms with van der Waals surface area (Å²) in [6, 6.07) is 8.07. The Hall–Kier alpha value is -2.59. The van der Waals surface area contributed by atoms with Crippen LogP contribution in [0.15, 0.2) is 42.5 Å². The lowest BCUT2D eigenvalue weighted by molar-refractivity contribution is -0.137. The van der Waals surface area contributed by atoms with E-state index in [4.69, 9.17) is 11.6 Å². The number of anilines is 2. The lowest BCUT2D eigenvalue weighted by Gasteiger charge is -2.16. The topological polar surface area (TPSA) is 83.6 Å². The van der Waals surface area contributed by atoms with Gasteiger partial charge in [0.1, 0.15) is 0 Å². The first kappa shape index (κ1) is 21.1. The van der Waals surface area contributed by atoms with Crippen molar-refractivity contribution in [2.24, 2.45) is 5.92 Å². The minimum Gasteiger partial charge on any atom is -0.322 e. The van der Waals surface area contributed by atoms with Gasteiger partial charge in [-0.1, -0.05) is 18.5 Å². The van der Waals surface area contributed by atoms with Gasteiger partial charge in [-0.2, -0.15) is 13.2 Å². The molecule has 29 heavy (non-hydrogen) atoms. The highest BCUT2D eigenvalue weighted by molar-refractivity contribution is 7.94. The summed E-state index contributed by atoms with van der Waals surface area (Å²) in [6.07, 6.45) is -4.68. The molecule has 2 aromatic carbocycles. The highest BCUT2D eigenvalue weighted by atomic mass is 35.5. The van der Waals surface area contributed by atoms with Gasteiger partial charge in [0.15, 0.2) is 0 Å². The number of hydrogen-bond donors (Lipinski definition) is 1. The van der Waals surface area contributed by atoms with Crippen molar-refractivity contribution in [2.75, 3.05) is 15.4 Å². The Labute approximate surface area is 169 Å². The van der Waals surface area contributed by atoms with Crippen molar-refractivity contribution in [1.82, 2.24) is 0 Å². The molecule has 2 amide bonds. The normalized spacial score (nSPS) is 18.7. The van der Waals surface area contributed by atoms with Crippen molar-refractivity contribution in [3.63, 3.8) is 0 Å². The Morgan fingerprint density at radius 1 is 1.17 bits per heavy atom. The van der Waals surface area contributed by atoms with Gasteiger partial charge in [0, 0.05) is 11.3 Å². The zero-order valence-electron chi connectivity index (χ0n) is 14.8. The average Bonchev–Trinajstić information content (AvgIpc) is 2.83. The summed E-state index contributed by atoms with van der Waals surface area (Å²) >= 11 is 5.55. The van der Waals surface area contributed by atoms with E-state index in [0.717, 1.165) is 6.07 Å². The third-order valence-electron chi connectivity index (χ3n) is 4.25. The van der Waals surface area contributed by atoms with E-state index in [1.54, 1.807) is 0 Å². The first-order valence-electron chi connectivity index (χ1n) is 8.25. The summed E-state index contributed by atoms with van der Waals surface area (Å²) in [5, 5.41) is 1.83. The summed E-state index contributed by atoms with van der Waals surface area (Å²) in [6.45, 7) is 1.50. The first-order chi connectivity index (χ1) is 13.4. The summed E-state index contributed by atoms with van der Waals surface area (Å²) in [5.41, 5.74) is -1.04. The molecule has 154 valence electrons. The summed E-state index contributed by atoms with van der Waals surface area (Å²) in [4.78, 5) is 24.4. The fourth-order valence-electron chi connectivity index (χ4n) is 2.86. The number of halogens is 4. The molecule has 0 aliphatic carbocycles. The van der Waals surface area contributed by atoms with Crippen LogP contribution in [0.2, 0.25) is 5.02 Å². The van der Waals surface area contributed by atoms with Crippen LogP contribution < -0.4 is 9.62 Å². The van der Waals surface area contributed by atoms with Crippen molar-refractivity contribution in [3.05, 3.63) is 58.6 Å². The molecule has 3 rings (SSSR count). The van der Waals surface area contributed by atoms with E-state index in [-0.39, 0.29) is 22.7 Å². The van der Waals surface area contributed by atoms with E-state index in [2.05, 4.69) is 5.32 Å². The van der Waals surface area contributed by atoms with Crippen molar-refractivity contribution >= 4 is 44.8 Å². The molecule has 0 unspecified atom stereocenters. The number of hydrogen-bond acceptors (Lipinski definition) is 4. The quantitative estimate of drug-likeness (QED) is 0.774. The molecule has 1 fully saturated rings. The molecule has 0 aromatic heterocycles. The number of carbonyl (C=O) groups excluding carboxylic acids is 2. The Kier molecular flexibility index (Phi) is 5.35. The fraction of sp³-hybridized carbons (Fsp3) is 0.222. The largest absolute Gasteiger partial charge is 0.417 e. The van der Waals surface area contributed by atoms with E-state index in [0.29, 0.717) is 10.4 Å². The van der Waals surface area contributed by atoms with Gasteiger partial charge in [-0.15, -0.1) is 0 Å². The second kappa shape index (κ2) is 7.34. The number of nitrogens with zero attached hydrogens (tertiary/aromatic N) is 1. The van der Waals surface area contributed by atoms with Gasteiger partial charge in [-0.05, 0) is 42.5 Å². The predicted molar refractivity (Wildman–Crippen MR) is 101 cm³/mol. The van der Waals surface area contributed by atoms with Crippen LogP contribution in [0.4, 0.5) is 24.5 Å². The molecule has 0 bridgehead atoms. The van der Waals surface area contributed by atoms with Crippen LogP contribution in [-0.2, 0) is 21.0 Å². The van der Waals surface area contributed by atoms with Crippen LogP contribution in [0.25, 0.3) is 0 Å². The molecule has 1 aliphatic heterocycles. The van der Waals surface area contributed by atoms with Crippen LogP contribution in [-0.4, -0.2) is 26.0 Å². The number of rotatable bonds is 3. The van der Waals surface area contributed by atoms with Gasteiger partial charge in [-0.25, -0.2) is 12.7 Å². The number of benzene rings is 2. The second-order valence-corrected chi connectivity index (χ2v) is 8.75. The Morgan fingerprint density at radius 2 is 1.79 bits per heavy atom. The predicted octanol–water partition coefficient (Wildman–Crippen LogP) is 3.92. The molecule has 0 saturated carbocycles. The molecule has 6 nitrogen and oxygen atoms in total. The maximum absolute atomic E-state index is 12.9. The molecule has 1 N–H and O–H groups in total. The summed E-state index contributed by atoms with van der Waals surface area (Å²) in [7, 11) is -3.78. The molecule has 1 heterocycles. The number of nitrogens with one attached hydrogen (secondary N) is 1. The zero-order valence-corrected chi connectivity index (χ0v) is 16.4. The Balaban J connectivity index is 1.81. The Morgan fingerprint density at radius 3 is 2.31 bits per heavy atom. The SMILES string of the molecule is C[C@@H]1CS(=O)(=O)N(c2ccc(C(=O)Nc3ccc(Cl)c(C(F)(F)F)c3)cc2)C1=O. The van der Waals surface area contributed by atoms with Crippen LogP contribution in [0, 0.1) is 5.92 Å². The second-order valence-electron chi connectivity index (χ2n) is 6.48. The first-order valence-corrected chi connectivity index (χ1v) is 10.2. The molecule has 1 aliphatic rings. The maximum atomic E-state index is 12.9. The highest BCUT2D eigenvalue weighted by Crippen LogP contribution is 2.36. The van der Waals surface area contributed by atoms with E-state index in [1.807, 2.05) is 0 Å². The van der Waals surface area contributed by atoms with Gasteiger partial charge < -0.3 is 5.32 Å². The van der Waals surface area contributed by atoms with Crippen LogP contribution >= 0.6 is 11.6 Å². The van der Waals surface area contributed by atoms with Gasteiger partial charge >= 0.3 is 6.18 Å². The molecule has 2 aromatic rings. The van der Waals surface area contributed by atoms with Crippen molar-refractivity contribution in [1.29, 1.82) is 0 Å². The number of sulfonamides is 1. The Bertz CT molecular complexity index is 1090. The average molecular weight is 447 g/mol. The number of carbonyl (C=O) groups is 2. The van der Waals surface area contributed by atoms with Crippen molar-refractivity contribution < 1.29 is 31.2 Å². The number of alkyl halides is 3. The molecule has 1 saturated heterocycles. The molecule has 0 spiro atoms. The minimum absolute atomic E-state index is 0.0642. The zero-order chi connectivity index (χ0) is 21.6. The highest BCUT2D eigenvalue weighted by Gasteiger charge is 2.42. The molecular formula is C18H14ClF3N2O4S. The van der Waals surface area contributed by atoms with Gasteiger partial charge in [-0.3, -0.25) is 9.59 Å². The summed E-state index contributed by atoms with van der Waals surface area (Å²) in [5.74, 6) is -2.25. The van der Waals surface area contributed by atoms with Crippen LogP contribution in [0.3, 0.4) is 0 Å². The van der Waals surface area contributed by atoms with Crippen LogP contribution in [0.1, 0.15) is 22.8 Å². The monoisotopic (exact) mass is 446 g/mol. The lowest BCUT2D eigenvalue weighted by atomic mass is 10.1. The molecule has 1 atom stereocenters. The van der Waals surface area contributed by atoms with E-state index < -0.39 is 44.5 Å². The smallest absolute Gasteiger partial charge is 0.322 e. The third-order valence-corrected chi connectivity index (χ3v) is 6.45. The molecular weight excluding hydrogens is 433 g/mol. The van der Waals surface area contributed by atoms with Crippen molar-refractivity contribution in [3.8, 4) is 0 Å². The third kappa shape index (κ3) is 4.23. The van der Waals surface area contributed by atoms with E-state index >= 15 is 0 Å². The molecule has 11 heteroatoms. The minimum atomic E-state index is -4.68. The fourth-order valence-corrected chi connectivity index (χ4v) is 4.90. The van der Waals surface area contributed by atoms with Crippen LogP contribution in [0.5, 0.6) is 0 Å². The van der Waals surface area contributed by atoms with Gasteiger partial charge in [0.05, 0.1) is 27.9 Å².